The fourth-order valence-electron chi connectivity index (χ4n) is 0.256. The first-order valence-corrected chi connectivity index (χ1v) is 2.08. The second-order valence-electron chi connectivity index (χ2n) is 1.07. The van der Waals surface area contributed by atoms with Crippen LogP contribution in [0.2, 0.25) is 0 Å². The normalized spacial score (nSPS) is 8.00. The Bertz CT molecular complexity index is 202. The van der Waals surface area contributed by atoms with Gasteiger partial charge in [0.05, 0.1) is 0 Å². The molecule has 0 unspecified atom stereocenters. The van der Waals surface area contributed by atoms with Crippen molar-refractivity contribution in [1.82, 2.24) is 14.9 Å². The molecule has 0 saturated carbocycles. The Morgan fingerprint density at radius 3 is 2.62 bits per heavy atom. The Morgan fingerprint density at radius 1 is 1.88 bits per heavy atom. The van der Waals surface area contributed by atoms with Crippen molar-refractivity contribution < 1.29 is 22.4 Å². The summed E-state index contributed by atoms with van der Waals surface area (Å²) in [6.07, 6.45) is 1.41. The molecular weight excluding hydrogens is 220 g/mol. The first-order valence-electron chi connectivity index (χ1n) is 1.68. The van der Waals surface area contributed by atoms with E-state index in [0.717, 1.165) is 0 Å². The van der Waals surface area contributed by atoms with Crippen molar-refractivity contribution in [3.05, 3.63) is 11.1 Å². The molecule has 0 saturated heterocycles. The zero-order valence-corrected chi connectivity index (χ0v) is 6.06. The second kappa shape index (κ2) is 3.03. The molecule has 1 heterocycles. The van der Waals surface area contributed by atoms with Crippen LogP contribution in [0.1, 0.15) is 0 Å². The van der Waals surface area contributed by atoms with Crippen LogP contribution in [0.15, 0.2) is 6.33 Å². The molecule has 0 spiro atoms. The van der Waals surface area contributed by atoms with Crippen molar-refractivity contribution in [2.24, 2.45) is 0 Å². The number of H-pyrrole nitrogens is 1. The molecule has 0 aliphatic heterocycles. The van der Waals surface area contributed by atoms with Crippen LogP contribution < -0.4 is 5.84 Å². The third kappa shape index (κ3) is 1.45. The molecule has 8 heavy (non-hydrogen) atoms. The average molecular weight is 224 g/mol. The van der Waals surface area contributed by atoms with Gasteiger partial charge in [-0.1, -0.05) is 0 Å². The molecule has 0 fully saturated rings. The molecule has 1 aromatic heterocycles. The van der Waals surface area contributed by atoms with E-state index in [-0.39, 0.29) is 22.4 Å². The fourth-order valence-corrected chi connectivity index (χ4v) is 0.356. The molecule has 0 aliphatic carbocycles. The molecule has 0 aromatic carbocycles. The maximum Gasteiger partial charge on any atom is 1.00 e. The minimum Gasteiger partial charge on any atom is -0.336 e. The number of rotatable bonds is 0. The van der Waals surface area contributed by atoms with E-state index in [1.165, 1.54) is 11.0 Å². The van der Waals surface area contributed by atoms with Crippen molar-refractivity contribution in [2.45, 2.75) is 0 Å². The Labute approximate surface area is 66.6 Å². The summed E-state index contributed by atoms with van der Waals surface area (Å²) in [6, 6.07) is 0. The van der Waals surface area contributed by atoms with Gasteiger partial charge in [-0.3, -0.25) is 5.10 Å². The maximum atomic E-state index is 5.16. The molecule has 6 heteroatoms. The quantitative estimate of drug-likeness (QED) is 0.360. The minimum atomic E-state index is 0. The van der Waals surface area contributed by atoms with E-state index in [9.17, 15) is 0 Å². The fraction of sp³-hybridized carbons (Fsp3) is 0. The molecule has 0 amide bonds. The van der Waals surface area contributed by atoms with Gasteiger partial charge in [0.2, 0.25) is 4.77 Å². The van der Waals surface area contributed by atoms with Gasteiger partial charge >= 0.3 is 22.4 Å². The van der Waals surface area contributed by atoms with Crippen LogP contribution in [0.3, 0.4) is 0 Å². The monoisotopic (exact) mass is 223 g/mol. The SMILES string of the molecule is Nn1cn[nH]c1=S.[Ag+]. The number of hydrogen-bond donors (Lipinski definition) is 2. The number of nitrogens with zero attached hydrogens (tertiary/aromatic N) is 2. The largest absolute Gasteiger partial charge is 1.00 e. The summed E-state index contributed by atoms with van der Waals surface area (Å²) in [6.45, 7) is 0. The first-order chi connectivity index (χ1) is 3.30. The minimum absolute atomic E-state index is 0. The number of nitrogens with two attached hydrogens (primary N) is 1. The average Bonchev–Trinajstić information content (AvgIpc) is 1.91. The predicted molar refractivity (Wildman–Crippen MR) is 27.6 cm³/mol. The molecule has 0 bridgehead atoms. The predicted octanol–water partition coefficient (Wildman–Crippen LogP) is -0.348. The summed E-state index contributed by atoms with van der Waals surface area (Å²) in [5.41, 5.74) is 0. The van der Waals surface area contributed by atoms with E-state index in [2.05, 4.69) is 22.4 Å². The van der Waals surface area contributed by atoms with E-state index in [1.54, 1.807) is 0 Å². The van der Waals surface area contributed by atoms with E-state index < -0.39 is 0 Å². The summed E-state index contributed by atoms with van der Waals surface area (Å²) in [7, 11) is 0. The van der Waals surface area contributed by atoms with Gasteiger partial charge in [0.15, 0.2) is 0 Å². The summed E-state index contributed by atoms with van der Waals surface area (Å²) in [5, 5.41) is 6.00. The summed E-state index contributed by atoms with van der Waals surface area (Å²) in [4.78, 5) is 0. The van der Waals surface area contributed by atoms with Crippen LogP contribution in [0.5, 0.6) is 0 Å². The van der Waals surface area contributed by atoms with Crippen molar-refractivity contribution >= 4 is 12.2 Å². The van der Waals surface area contributed by atoms with Crippen LogP contribution in [-0.2, 0) is 22.4 Å². The Balaban J connectivity index is 0.000000490. The van der Waals surface area contributed by atoms with Gasteiger partial charge < -0.3 is 5.84 Å². The number of hydrogen-bond acceptors (Lipinski definition) is 3. The van der Waals surface area contributed by atoms with Crippen LogP contribution in [0.4, 0.5) is 0 Å². The zero-order chi connectivity index (χ0) is 5.28. The Hall–Kier alpha value is -0.0997. The van der Waals surface area contributed by atoms with E-state index in [4.69, 9.17) is 5.84 Å². The van der Waals surface area contributed by atoms with Gasteiger partial charge in [-0.25, -0.2) is 4.68 Å². The number of aromatic amines is 1. The second-order valence-corrected chi connectivity index (χ2v) is 1.46. The number of nitrogens with one attached hydrogen (secondary N) is 1. The summed E-state index contributed by atoms with van der Waals surface area (Å²) in [5.74, 6) is 5.16. The van der Waals surface area contributed by atoms with E-state index >= 15 is 0 Å². The molecule has 48 valence electrons. The summed E-state index contributed by atoms with van der Waals surface area (Å²) >= 11 is 4.61. The topological polar surface area (TPSA) is 59.6 Å². The molecule has 4 nitrogen and oxygen atoms in total. The molecule has 3 N–H and O–H groups in total. The standard InChI is InChI=1S/C2H4N4S.Ag/c3-6-1-4-5-2(6)7;/h1H,3H2,(H,5,7);/q;+1. The van der Waals surface area contributed by atoms with Gasteiger partial charge in [-0.2, -0.15) is 5.10 Å². The smallest absolute Gasteiger partial charge is 0.336 e. The van der Waals surface area contributed by atoms with Gasteiger partial charge in [-0.05, 0) is 12.2 Å². The van der Waals surface area contributed by atoms with Crippen molar-refractivity contribution in [2.75, 3.05) is 5.84 Å². The molecule has 1 aromatic rings. The third-order valence-electron chi connectivity index (χ3n) is 0.577. The van der Waals surface area contributed by atoms with Gasteiger partial charge in [0, 0.05) is 0 Å². The number of aromatic nitrogens is 3. The van der Waals surface area contributed by atoms with E-state index in [1.807, 2.05) is 0 Å². The van der Waals surface area contributed by atoms with Crippen LogP contribution >= 0.6 is 12.2 Å². The van der Waals surface area contributed by atoms with Crippen LogP contribution in [-0.4, -0.2) is 14.9 Å². The van der Waals surface area contributed by atoms with Crippen LogP contribution in [0.25, 0.3) is 0 Å². The maximum absolute atomic E-state index is 5.16. The molecule has 0 aliphatic rings. The zero-order valence-electron chi connectivity index (χ0n) is 3.76. The Morgan fingerprint density at radius 2 is 2.50 bits per heavy atom. The van der Waals surface area contributed by atoms with E-state index in [0.29, 0.717) is 4.77 Å². The van der Waals surface area contributed by atoms with Crippen molar-refractivity contribution in [1.29, 1.82) is 0 Å². The third-order valence-corrected chi connectivity index (χ3v) is 0.879. The number of nitrogen functional groups attached to an aromatic ring is 1. The van der Waals surface area contributed by atoms with Crippen molar-refractivity contribution in [3.63, 3.8) is 0 Å². The first kappa shape index (κ1) is 7.90. The summed E-state index contributed by atoms with van der Waals surface area (Å²) < 4.78 is 1.66. The molecule has 0 radical (unpaired) electrons. The molecule has 1 rings (SSSR count). The molecule has 0 atom stereocenters. The van der Waals surface area contributed by atoms with Gasteiger partial charge in [-0.15, -0.1) is 0 Å². The Kier molecular flexibility index (Phi) is 2.99. The van der Waals surface area contributed by atoms with Gasteiger partial charge in [0.25, 0.3) is 0 Å². The van der Waals surface area contributed by atoms with Gasteiger partial charge in [0.1, 0.15) is 6.33 Å². The molecular formula is C2H4AgN4S+. The van der Waals surface area contributed by atoms with Crippen LogP contribution in [0, 0.1) is 4.77 Å². The van der Waals surface area contributed by atoms with Crippen molar-refractivity contribution in [3.8, 4) is 0 Å².